The maximum Gasteiger partial charge on any atom is 0.307 e. The van der Waals surface area contributed by atoms with E-state index in [9.17, 15) is 14.7 Å². The number of amides is 1. The Hall–Kier alpha value is -1.10. The van der Waals surface area contributed by atoms with Gasteiger partial charge in [-0.15, -0.1) is 0 Å². The summed E-state index contributed by atoms with van der Waals surface area (Å²) in [6.45, 7) is 7.78. The lowest BCUT2D eigenvalue weighted by Gasteiger charge is -2.25. The molecule has 0 fully saturated rings. The second-order valence-electron chi connectivity index (χ2n) is 12.1. The minimum absolute atomic E-state index is 0.123. The quantitative estimate of drug-likeness (QED) is 0.108. The van der Waals surface area contributed by atoms with Gasteiger partial charge in [0.1, 0.15) is 0 Å². The van der Waals surface area contributed by atoms with Crippen LogP contribution >= 0.6 is 0 Å². The van der Waals surface area contributed by atoms with Gasteiger partial charge in [-0.25, -0.2) is 0 Å². The second-order valence-corrected chi connectivity index (χ2v) is 12.1. The monoisotopic (exact) mass is 497 g/mol. The highest BCUT2D eigenvalue weighted by Crippen LogP contribution is 2.25. The fraction of sp³-hybridized carbons (Fsp3) is 0.933. The predicted molar refractivity (Wildman–Crippen MR) is 150 cm³/mol. The zero-order valence-corrected chi connectivity index (χ0v) is 24.4. The molecular weight excluding hydrogens is 436 g/mol. The Kier molecular flexibility index (Phi) is 20.4. The number of nitrogens with zero attached hydrogens (tertiary/aromatic N) is 1. The molecule has 0 aliphatic rings. The molecule has 3 unspecified atom stereocenters. The highest BCUT2D eigenvalue weighted by Gasteiger charge is 2.31. The number of carboxylic acid groups (broad SMARTS) is 1. The first-order valence-electron chi connectivity index (χ1n) is 14.9. The first-order valence-corrected chi connectivity index (χ1v) is 14.9. The molecule has 0 heterocycles. The van der Waals surface area contributed by atoms with E-state index in [-0.39, 0.29) is 5.91 Å². The number of rotatable bonds is 24. The molecule has 0 bridgehead atoms. The van der Waals surface area contributed by atoms with Gasteiger partial charge in [0.2, 0.25) is 5.91 Å². The molecular formula is C30H61N2O3+. The Labute approximate surface area is 218 Å². The van der Waals surface area contributed by atoms with Crippen LogP contribution in [0.1, 0.15) is 130 Å². The van der Waals surface area contributed by atoms with Gasteiger partial charge >= 0.3 is 5.97 Å². The maximum atomic E-state index is 12.5. The number of quaternary nitrogens is 1. The van der Waals surface area contributed by atoms with Crippen LogP contribution in [0.15, 0.2) is 0 Å². The van der Waals surface area contributed by atoms with Crippen LogP contribution in [0.25, 0.3) is 0 Å². The van der Waals surface area contributed by atoms with Crippen molar-refractivity contribution in [2.75, 3.05) is 34.2 Å². The van der Waals surface area contributed by atoms with E-state index < -0.39 is 17.8 Å². The van der Waals surface area contributed by atoms with E-state index in [1.807, 2.05) is 0 Å². The molecule has 0 aliphatic heterocycles. The highest BCUT2D eigenvalue weighted by molar-refractivity contribution is 5.84. The lowest BCUT2D eigenvalue weighted by atomic mass is 9.83. The molecule has 0 aromatic heterocycles. The topological polar surface area (TPSA) is 66.4 Å². The smallest absolute Gasteiger partial charge is 0.307 e. The molecule has 2 N–H and O–H groups in total. The minimum Gasteiger partial charge on any atom is -0.481 e. The number of hydrogen-bond donors (Lipinski definition) is 2. The van der Waals surface area contributed by atoms with Crippen LogP contribution in [0.5, 0.6) is 0 Å². The summed E-state index contributed by atoms with van der Waals surface area (Å²) in [6.07, 6.45) is 21.5. The van der Waals surface area contributed by atoms with Crippen LogP contribution in [0.3, 0.4) is 0 Å². The highest BCUT2D eigenvalue weighted by atomic mass is 16.4. The van der Waals surface area contributed by atoms with Crippen LogP contribution in [0, 0.1) is 17.8 Å². The predicted octanol–water partition coefficient (Wildman–Crippen LogP) is 7.43. The third kappa shape index (κ3) is 20.8. The number of unbranched alkanes of at least 4 members (excludes halogenated alkanes) is 13. The van der Waals surface area contributed by atoms with E-state index in [0.717, 1.165) is 30.3 Å². The summed E-state index contributed by atoms with van der Waals surface area (Å²) < 4.78 is 0.861. The van der Waals surface area contributed by atoms with E-state index in [4.69, 9.17) is 0 Å². The van der Waals surface area contributed by atoms with Gasteiger partial charge in [0.05, 0.1) is 33.6 Å². The SMILES string of the molecule is CCCCCCCCCCCCCCCCC(C)CC(C(=O)O)C(C)C(=O)NCCC[N+](C)(C)C. The Morgan fingerprint density at radius 3 is 1.63 bits per heavy atom. The summed E-state index contributed by atoms with van der Waals surface area (Å²) in [5.74, 6) is -1.72. The number of aliphatic carboxylic acids is 1. The molecule has 35 heavy (non-hydrogen) atoms. The Bertz CT molecular complexity index is 530. The van der Waals surface area contributed by atoms with Crippen molar-refractivity contribution in [3.05, 3.63) is 0 Å². The molecule has 0 saturated heterocycles. The van der Waals surface area contributed by atoms with E-state index in [1.165, 1.54) is 83.5 Å². The van der Waals surface area contributed by atoms with Gasteiger partial charge in [0, 0.05) is 18.9 Å². The lowest BCUT2D eigenvalue weighted by Crippen LogP contribution is -2.40. The van der Waals surface area contributed by atoms with Gasteiger partial charge in [-0.1, -0.05) is 117 Å². The van der Waals surface area contributed by atoms with Crippen LogP contribution in [0.2, 0.25) is 0 Å². The Balaban J connectivity index is 3.89. The summed E-state index contributed by atoms with van der Waals surface area (Å²) >= 11 is 0. The van der Waals surface area contributed by atoms with Crippen molar-refractivity contribution < 1.29 is 19.2 Å². The lowest BCUT2D eigenvalue weighted by molar-refractivity contribution is -0.870. The van der Waals surface area contributed by atoms with Gasteiger partial charge < -0.3 is 14.9 Å². The first-order chi connectivity index (χ1) is 16.6. The summed E-state index contributed by atoms with van der Waals surface area (Å²) in [7, 11) is 6.39. The molecule has 5 nitrogen and oxygen atoms in total. The van der Waals surface area contributed by atoms with Crippen LogP contribution < -0.4 is 5.32 Å². The van der Waals surface area contributed by atoms with Crippen LogP contribution in [-0.2, 0) is 9.59 Å². The van der Waals surface area contributed by atoms with Gasteiger partial charge in [-0.3, -0.25) is 9.59 Å². The minimum atomic E-state index is -0.841. The number of carbonyl (C=O) groups excluding carboxylic acids is 1. The molecule has 1 amide bonds. The Morgan fingerprint density at radius 2 is 1.20 bits per heavy atom. The fourth-order valence-corrected chi connectivity index (χ4v) is 4.87. The third-order valence-electron chi connectivity index (χ3n) is 7.35. The van der Waals surface area contributed by atoms with Crippen molar-refractivity contribution in [1.29, 1.82) is 0 Å². The molecule has 0 aliphatic carbocycles. The van der Waals surface area contributed by atoms with Crippen molar-refractivity contribution in [3.8, 4) is 0 Å². The standard InChI is InChI=1S/C30H60N2O3/c1-7-8-9-10-11-12-13-14-15-16-17-18-19-20-22-26(2)25-28(30(34)35)27(3)29(33)31-23-21-24-32(4,5)6/h26-28H,7-25H2,1-6H3,(H-,31,33,34,35)/p+1. The molecule has 5 heteroatoms. The largest absolute Gasteiger partial charge is 0.481 e. The summed E-state index contributed by atoms with van der Waals surface area (Å²) in [6, 6.07) is 0. The summed E-state index contributed by atoms with van der Waals surface area (Å²) in [5, 5.41) is 12.7. The molecule has 0 radical (unpaired) electrons. The van der Waals surface area contributed by atoms with Gasteiger partial charge in [0.15, 0.2) is 0 Å². The molecule has 208 valence electrons. The first kappa shape index (κ1) is 33.9. The van der Waals surface area contributed by atoms with Crippen LogP contribution in [0.4, 0.5) is 0 Å². The van der Waals surface area contributed by atoms with Gasteiger partial charge in [-0.05, 0) is 12.3 Å². The fourth-order valence-electron chi connectivity index (χ4n) is 4.87. The van der Waals surface area contributed by atoms with E-state index in [0.29, 0.717) is 18.9 Å². The number of carbonyl (C=O) groups is 2. The zero-order valence-electron chi connectivity index (χ0n) is 24.4. The maximum absolute atomic E-state index is 12.5. The van der Waals surface area contributed by atoms with Crippen molar-refractivity contribution in [2.24, 2.45) is 17.8 Å². The van der Waals surface area contributed by atoms with E-state index >= 15 is 0 Å². The average Bonchev–Trinajstić information content (AvgIpc) is 2.79. The number of hydrogen-bond acceptors (Lipinski definition) is 2. The Morgan fingerprint density at radius 1 is 0.743 bits per heavy atom. The molecule has 0 rings (SSSR count). The average molecular weight is 498 g/mol. The van der Waals surface area contributed by atoms with E-state index in [2.05, 4.69) is 40.3 Å². The van der Waals surface area contributed by atoms with E-state index in [1.54, 1.807) is 6.92 Å². The number of nitrogens with one attached hydrogen (secondary N) is 1. The van der Waals surface area contributed by atoms with Crippen molar-refractivity contribution in [2.45, 2.75) is 130 Å². The molecule has 0 spiro atoms. The van der Waals surface area contributed by atoms with Crippen LogP contribution in [-0.4, -0.2) is 55.7 Å². The second kappa shape index (κ2) is 21.0. The van der Waals surface area contributed by atoms with Gasteiger partial charge in [0.25, 0.3) is 0 Å². The molecule has 0 aromatic carbocycles. The molecule has 3 atom stereocenters. The van der Waals surface area contributed by atoms with Crippen molar-refractivity contribution in [1.82, 2.24) is 5.32 Å². The van der Waals surface area contributed by atoms with Crippen molar-refractivity contribution in [3.63, 3.8) is 0 Å². The van der Waals surface area contributed by atoms with Gasteiger partial charge in [-0.2, -0.15) is 0 Å². The molecule has 0 aromatic rings. The third-order valence-corrected chi connectivity index (χ3v) is 7.35. The zero-order chi connectivity index (χ0) is 26.5. The summed E-state index contributed by atoms with van der Waals surface area (Å²) in [4.78, 5) is 24.4. The normalized spacial score (nSPS) is 14.5. The molecule has 0 saturated carbocycles. The van der Waals surface area contributed by atoms with Crippen molar-refractivity contribution >= 4 is 11.9 Å². The summed E-state index contributed by atoms with van der Waals surface area (Å²) in [5.41, 5.74) is 0. The number of carboxylic acids is 1.